The maximum absolute atomic E-state index is 12.0. The molecule has 5 amide bonds. The molecule has 0 saturated heterocycles. The van der Waals surface area contributed by atoms with Crippen LogP contribution >= 0.6 is 0 Å². The lowest BCUT2D eigenvalue weighted by Crippen LogP contribution is -2.45. The molecule has 0 aromatic carbocycles. The van der Waals surface area contributed by atoms with Crippen molar-refractivity contribution < 1.29 is 28.8 Å². The number of carbonyl (C=O) groups excluding carboxylic acids is 6. The van der Waals surface area contributed by atoms with Crippen LogP contribution in [0.25, 0.3) is 0 Å². The monoisotopic (exact) mass is 455 g/mol. The van der Waals surface area contributed by atoms with E-state index in [1.54, 1.807) is 18.9 Å². The van der Waals surface area contributed by atoms with Crippen LogP contribution in [0.5, 0.6) is 0 Å². The van der Waals surface area contributed by atoms with Gasteiger partial charge in [-0.2, -0.15) is 0 Å². The van der Waals surface area contributed by atoms with E-state index in [1.807, 2.05) is 0 Å². The highest BCUT2D eigenvalue weighted by Crippen LogP contribution is 2.05. The minimum Gasteiger partial charge on any atom is -0.352 e. The van der Waals surface area contributed by atoms with Gasteiger partial charge in [-0.25, -0.2) is 4.79 Å². The number of hydrogen-bond donors (Lipinski definition) is 4. The lowest BCUT2D eigenvalue weighted by atomic mass is 10.1. The number of nitrogens with zero attached hydrogens (tertiary/aromatic N) is 1. The number of ketones is 1. The molecule has 0 bridgehead atoms. The SMILES string of the molecule is CC(=O)C(CCCNC(N)=O)NC(=O)CNC(=O)CCCCCN(C)C(=O)CC(C)C=O. The van der Waals surface area contributed by atoms with Crippen LogP contribution in [0.15, 0.2) is 0 Å². The van der Waals surface area contributed by atoms with E-state index in [0.717, 1.165) is 19.1 Å². The van der Waals surface area contributed by atoms with Gasteiger partial charge in [-0.15, -0.1) is 0 Å². The minimum absolute atomic E-state index is 0.0821. The normalized spacial score (nSPS) is 12.2. The summed E-state index contributed by atoms with van der Waals surface area (Å²) in [6.07, 6.45) is 4.11. The molecule has 0 aromatic heterocycles. The van der Waals surface area contributed by atoms with E-state index in [4.69, 9.17) is 5.73 Å². The van der Waals surface area contributed by atoms with Crippen molar-refractivity contribution in [2.75, 3.05) is 26.7 Å². The van der Waals surface area contributed by atoms with Crippen molar-refractivity contribution in [1.82, 2.24) is 20.9 Å². The maximum atomic E-state index is 12.0. The molecule has 0 spiro atoms. The Morgan fingerprint density at radius 2 is 1.69 bits per heavy atom. The molecular formula is C21H37N5O6. The van der Waals surface area contributed by atoms with Gasteiger partial charge in [0.2, 0.25) is 17.7 Å². The van der Waals surface area contributed by atoms with E-state index in [0.29, 0.717) is 32.4 Å². The third kappa shape index (κ3) is 14.9. The van der Waals surface area contributed by atoms with Crippen molar-refractivity contribution in [1.29, 1.82) is 0 Å². The Morgan fingerprint density at radius 1 is 1.00 bits per heavy atom. The molecule has 182 valence electrons. The van der Waals surface area contributed by atoms with E-state index in [-0.39, 0.29) is 42.9 Å². The van der Waals surface area contributed by atoms with E-state index in [9.17, 15) is 28.8 Å². The van der Waals surface area contributed by atoms with Gasteiger partial charge >= 0.3 is 6.03 Å². The molecule has 0 aliphatic heterocycles. The van der Waals surface area contributed by atoms with Crippen LogP contribution in [0, 0.1) is 5.92 Å². The van der Waals surface area contributed by atoms with Gasteiger partial charge in [-0.3, -0.25) is 19.2 Å². The second-order valence-corrected chi connectivity index (χ2v) is 7.88. The molecule has 0 radical (unpaired) electrons. The Kier molecular flexibility index (Phi) is 15.1. The first-order chi connectivity index (χ1) is 15.1. The zero-order valence-corrected chi connectivity index (χ0v) is 19.3. The van der Waals surface area contributed by atoms with Gasteiger partial charge in [-0.1, -0.05) is 13.3 Å². The first kappa shape index (κ1) is 29.0. The van der Waals surface area contributed by atoms with Crippen LogP contribution < -0.4 is 21.7 Å². The number of nitrogens with one attached hydrogen (secondary N) is 3. The summed E-state index contributed by atoms with van der Waals surface area (Å²) in [4.78, 5) is 70.2. The van der Waals surface area contributed by atoms with Crippen LogP contribution in [0.2, 0.25) is 0 Å². The summed E-state index contributed by atoms with van der Waals surface area (Å²) >= 11 is 0. The van der Waals surface area contributed by atoms with Crippen molar-refractivity contribution in [3.63, 3.8) is 0 Å². The summed E-state index contributed by atoms with van der Waals surface area (Å²) in [6, 6.07) is -1.34. The highest BCUT2D eigenvalue weighted by molar-refractivity contribution is 5.90. The highest BCUT2D eigenvalue weighted by Gasteiger charge is 2.17. The molecule has 2 unspecified atom stereocenters. The minimum atomic E-state index is -0.691. The molecule has 11 heteroatoms. The Hall–Kier alpha value is -2.98. The molecular weight excluding hydrogens is 418 g/mol. The zero-order valence-electron chi connectivity index (χ0n) is 19.3. The summed E-state index contributed by atoms with van der Waals surface area (Å²) < 4.78 is 0. The molecule has 0 fully saturated rings. The van der Waals surface area contributed by atoms with Crippen LogP contribution in [0.3, 0.4) is 0 Å². The molecule has 2 atom stereocenters. The van der Waals surface area contributed by atoms with E-state index >= 15 is 0 Å². The Labute approximate surface area is 189 Å². The smallest absolute Gasteiger partial charge is 0.312 e. The van der Waals surface area contributed by atoms with Crippen LogP contribution in [0.4, 0.5) is 4.79 Å². The first-order valence-corrected chi connectivity index (χ1v) is 10.9. The molecule has 0 heterocycles. The van der Waals surface area contributed by atoms with E-state index in [2.05, 4.69) is 16.0 Å². The largest absolute Gasteiger partial charge is 0.352 e. The first-order valence-electron chi connectivity index (χ1n) is 10.9. The average Bonchev–Trinajstić information content (AvgIpc) is 2.73. The fourth-order valence-corrected chi connectivity index (χ4v) is 2.82. The number of urea groups is 1. The Balaban J connectivity index is 4.01. The summed E-state index contributed by atoms with van der Waals surface area (Å²) in [5.41, 5.74) is 4.96. The van der Waals surface area contributed by atoms with Crippen molar-refractivity contribution >= 4 is 35.8 Å². The van der Waals surface area contributed by atoms with Gasteiger partial charge in [0.25, 0.3) is 0 Å². The fraction of sp³-hybridized carbons (Fsp3) is 0.714. The Bertz CT molecular complexity index is 655. The summed E-state index contributed by atoms with van der Waals surface area (Å²) in [6.45, 7) is 3.68. The van der Waals surface area contributed by atoms with Gasteiger partial charge < -0.3 is 31.4 Å². The van der Waals surface area contributed by atoms with Crippen molar-refractivity contribution in [3.8, 4) is 0 Å². The second-order valence-electron chi connectivity index (χ2n) is 7.88. The quantitative estimate of drug-likeness (QED) is 0.176. The number of nitrogens with two attached hydrogens (primary N) is 1. The van der Waals surface area contributed by atoms with E-state index < -0.39 is 18.0 Å². The lowest BCUT2D eigenvalue weighted by molar-refractivity contribution is -0.132. The van der Waals surface area contributed by atoms with Crippen LogP contribution in [-0.2, 0) is 24.0 Å². The zero-order chi connectivity index (χ0) is 24.5. The molecule has 0 aromatic rings. The fourth-order valence-electron chi connectivity index (χ4n) is 2.82. The average molecular weight is 456 g/mol. The van der Waals surface area contributed by atoms with Gasteiger partial charge in [0.1, 0.15) is 6.29 Å². The predicted molar refractivity (Wildman–Crippen MR) is 118 cm³/mol. The van der Waals surface area contributed by atoms with Gasteiger partial charge in [-0.05, 0) is 32.6 Å². The number of Topliss-reactive ketones (excluding diaryl/α,β-unsaturated/α-hetero) is 1. The molecule has 0 aliphatic rings. The predicted octanol–water partition coefficient (Wildman–Crippen LogP) is -0.131. The van der Waals surface area contributed by atoms with E-state index in [1.165, 1.54) is 6.92 Å². The number of amides is 5. The van der Waals surface area contributed by atoms with Gasteiger partial charge in [0, 0.05) is 38.9 Å². The number of unbranched alkanes of at least 4 members (excludes halogenated alkanes) is 2. The Morgan fingerprint density at radius 3 is 2.28 bits per heavy atom. The summed E-state index contributed by atoms with van der Waals surface area (Å²) in [7, 11) is 1.69. The number of primary amides is 1. The van der Waals surface area contributed by atoms with Crippen LogP contribution in [0.1, 0.15) is 58.8 Å². The second kappa shape index (κ2) is 16.7. The number of hydrogen-bond acceptors (Lipinski definition) is 6. The summed E-state index contributed by atoms with van der Waals surface area (Å²) in [5, 5.41) is 7.50. The van der Waals surface area contributed by atoms with Crippen molar-refractivity contribution in [3.05, 3.63) is 0 Å². The van der Waals surface area contributed by atoms with Crippen molar-refractivity contribution in [2.24, 2.45) is 11.7 Å². The molecule has 0 saturated carbocycles. The number of rotatable bonds is 17. The van der Waals surface area contributed by atoms with Gasteiger partial charge in [0.15, 0.2) is 5.78 Å². The third-order valence-corrected chi connectivity index (χ3v) is 4.79. The highest BCUT2D eigenvalue weighted by atomic mass is 16.2. The van der Waals surface area contributed by atoms with Crippen molar-refractivity contribution in [2.45, 2.75) is 64.8 Å². The number of carbonyl (C=O) groups is 6. The van der Waals surface area contributed by atoms with Gasteiger partial charge in [0.05, 0.1) is 12.6 Å². The molecule has 0 aliphatic carbocycles. The molecule has 0 rings (SSSR count). The molecule has 11 nitrogen and oxygen atoms in total. The topological polar surface area (TPSA) is 168 Å². The summed E-state index contributed by atoms with van der Waals surface area (Å²) in [5.74, 6) is -1.33. The molecule has 5 N–H and O–H groups in total. The van der Waals surface area contributed by atoms with Crippen LogP contribution in [-0.4, -0.2) is 73.4 Å². The third-order valence-electron chi connectivity index (χ3n) is 4.79. The standard InChI is InChI=1S/C21H37N5O6/c1-15(14-27)12-20(31)26(3)11-6-4-5-9-18(29)24-13-19(30)25-17(16(2)28)8-7-10-23-21(22)32/h14-15,17H,4-13H2,1-3H3,(H,24,29)(H,25,30)(H3,22,23,32). The lowest BCUT2D eigenvalue weighted by Gasteiger charge is -2.18. The number of aldehydes is 1. The maximum Gasteiger partial charge on any atom is 0.312 e. The molecule has 32 heavy (non-hydrogen) atoms.